The van der Waals surface area contributed by atoms with Crippen molar-refractivity contribution in [3.05, 3.63) is 36.0 Å². The Morgan fingerprint density at radius 1 is 1.17 bits per heavy atom. The zero-order valence-corrected chi connectivity index (χ0v) is 19.1. The molecule has 0 atom stereocenters. The molecule has 0 radical (unpaired) electrons. The molecule has 0 bridgehead atoms. The summed E-state index contributed by atoms with van der Waals surface area (Å²) < 4.78 is 5.47. The van der Waals surface area contributed by atoms with Gasteiger partial charge in [-0.15, -0.1) is 0 Å². The molecule has 1 aromatic heterocycles. The van der Waals surface area contributed by atoms with Crippen molar-refractivity contribution in [2.45, 2.75) is 26.5 Å². The van der Waals surface area contributed by atoms with Gasteiger partial charge in [0.25, 0.3) is 0 Å². The van der Waals surface area contributed by atoms with Crippen molar-refractivity contribution in [3.63, 3.8) is 0 Å². The van der Waals surface area contributed by atoms with Crippen molar-refractivity contribution in [3.8, 4) is 11.4 Å². The Kier molecular flexibility index (Phi) is 7.55. The molecular formula is C22H32N5O2S+. The minimum absolute atomic E-state index is 0.0413. The van der Waals surface area contributed by atoms with Gasteiger partial charge in [-0.25, -0.2) is 14.8 Å². The van der Waals surface area contributed by atoms with E-state index in [1.165, 1.54) is 11.8 Å². The average molecular weight is 431 g/mol. The topological polar surface area (TPSA) is 79.4 Å². The zero-order valence-electron chi connectivity index (χ0n) is 18.2. The second-order valence-electron chi connectivity index (χ2n) is 8.56. The smallest absolute Gasteiger partial charge is 0.319 e. The standard InChI is InChI=1S/C22H31N5O2S/c1-22(2,3)15-23-21(28)25-17-7-5-16(6-8-17)20-24-18(14-30-4)13-19(26-20)27-9-11-29-12-10-27/h5-8,13H,9-12,14-15H2,1-4H3,(H2,23,25,28)/p+1. The molecular weight excluding hydrogens is 398 g/mol. The number of carbonyl (C=O) groups excluding carboxylic acids is 1. The van der Waals surface area contributed by atoms with E-state index in [2.05, 4.69) is 48.6 Å². The Labute approximate surface area is 183 Å². The number of rotatable bonds is 6. The highest BCUT2D eigenvalue weighted by Crippen LogP contribution is 2.23. The summed E-state index contributed by atoms with van der Waals surface area (Å²) >= 11 is 1.27. The van der Waals surface area contributed by atoms with Crippen molar-refractivity contribution in [2.24, 2.45) is 5.41 Å². The molecule has 30 heavy (non-hydrogen) atoms. The zero-order chi connectivity index (χ0) is 21.6. The SMILES string of the molecule is C[SH+]Cc1cc(N2CCOCC2)nc(-c2ccc(NC(=O)NCC(C)(C)C)cc2)n1. The minimum atomic E-state index is -0.201. The van der Waals surface area contributed by atoms with E-state index in [-0.39, 0.29) is 11.4 Å². The summed E-state index contributed by atoms with van der Waals surface area (Å²) in [6.07, 6.45) is 2.13. The van der Waals surface area contributed by atoms with Crippen LogP contribution in [-0.4, -0.2) is 55.1 Å². The third-order valence-electron chi connectivity index (χ3n) is 4.60. The quantitative estimate of drug-likeness (QED) is 0.544. The van der Waals surface area contributed by atoms with Gasteiger partial charge in [-0.2, -0.15) is 0 Å². The minimum Gasteiger partial charge on any atom is -0.378 e. The molecule has 2 N–H and O–H groups in total. The molecule has 1 saturated heterocycles. The molecule has 1 aliphatic heterocycles. The summed E-state index contributed by atoms with van der Waals surface area (Å²) in [7, 11) is 0. The number of ether oxygens (including phenoxy) is 1. The van der Waals surface area contributed by atoms with Crippen LogP contribution in [0, 0.1) is 5.41 Å². The van der Waals surface area contributed by atoms with Crippen molar-refractivity contribution in [2.75, 3.05) is 49.3 Å². The number of carbonyl (C=O) groups is 1. The highest BCUT2D eigenvalue weighted by molar-refractivity contribution is 7.76. The van der Waals surface area contributed by atoms with Crippen LogP contribution in [0.4, 0.5) is 16.3 Å². The second kappa shape index (κ2) is 10.1. The lowest BCUT2D eigenvalue weighted by Gasteiger charge is -2.28. The molecule has 0 unspecified atom stereocenters. The predicted octanol–water partition coefficient (Wildman–Crippen LogP) is 3.09. The number of thiol groups is 1. The van der Waals surface area contributed by atoms with Gasteiger partial charge in [0.2, 0.25) is 0 Å². The first-order valence-corrected chi connectivity index (χ1v) is 11.8. The molecule has 0 saturated carbocycles. The lowest BCUT2D eigenvalue weighted by Crippen LogP contribution is -2.37. The van der Waals surface area contributed by atoms with Crippen LogP contribution in [0.3, 0.4) is 0 Å². The van der Waals surface area contributed by atoms with Crippen molar-refractivity contribution >= 4 is 29.3 Å². The summed E-state index contributed by atoms with van der Waals surface area (Å²) in [6.45, 7) is 9.98. The first-order chi connectivity index (χ1) is 14.3. The van der Waals surface area contributed by atoms with Gasteiger partial charge in [-0.3, -0.25) is 0 Å². The summed E-state index contributed by atoms with van der Waals surface area (Å²) in [4.78, 5) is 23.9. The van der Waals surface area contributed by atoms with Gasteiger partial charge >= 0.3 is 6.03 Å². The van der Waals surface area contributed by atoms with E-state index in [1.807, 2.05) is 24.3 Å². The number of benzene rings is 1. The lowest BCUT2D eigenvalue weighted by molar-refractivity contribution is 0.122. The Bertz CT molecular complexity index is 846. The molecule has 0 aliphatic carbocycles. The number of nitrogens with zero attached hydrogens (tertiary/aromatic N) is 3. The van der Waals surface area contributed by atoms with E-state index in [0.29, 0.717) is 12.4 Å². The Hall–Kier alpha value is -2.32. The second-order valence-corrected chi connectivity index (χ2v) is 9.51. The maximum Gasteiger partial charge on any atom is 0.319 e. The normalized spacial score (nSPS) is 14.5. The van der Waals surface area contributed by atoms with Crippen LogP contribution in [0.15, 0.2) is 30.3 Å². The molecule has 1 aliphatic rings. The van der Waals surface area contributed by atoms with Gasteiger partial charge in [0, 0.05) is 37.0 Å². The number of morpholine rings is 1. The maximum atomic E-state index is 12.1. The fraction of sp³-hybridized carbons (Fsp3) is 0.500. The summed E-state index contributed by atoms with van der Waals surface area (Å²) in [5.74, 6) is 2.55. The van der Waals surface area contributed by atoms with Gasteiger partial charge in [0.05, 0.1) is 25.2 Å². The van der Waals surface area contributed by atoms with Gasteiger partial charge in [-0.1, -0.05) is 20.8 Å². The van der Waals surface area contributed by atoms with Crippen LogP contribution in [0.25, 0.3) is 11.4 Å². The van der Waals surface area contributed by atoms with Crippen LogP contribution in [0.1, 0.15) is 26.5 Å². The molecule has 0 spiro atoms. The number of hydrogen-bond donors (Lipinski definition) is 2. The predicted molar refractivity (Wildman–Crippen MR) is 125 cm³/mol. The molecule has 2 heterocycles. The number of hydrogen-bond acceptors (Lipinski definition) is 5. The van der Waals surface area contributed by atoms with E-state index in [1.54, 1.807) is 0 Å². The summed E-state index contributed by atoms with van der Waals surface area (Å²) in [5.41, 5.74) is 2.75. The van der Waals surface area contributed by atoms with E-state index in [9.17, 15) is 4.79 Å². The van der Waals surface area contributed by atoms with Crippen molar-refractivity contribution in [1.82, 2.24) is 15.3 Å². The monoisotopic (exact) mass is 430 g/mol. The molecule has 7 nitrogen and oxygen atoms in total. The van der Waals surface area contributed by atoms with E-state index < -0.39 is 0 Å². The molecule has 2 aromatic rings. The van der Waals surface area contributed by atoms with Crippen LogP contribution >= 0.6 is 0 Å². The third-order valence-corrected chi connectivity index (χ3v) is 5.24. The van der Waals surface area contributed by atoms with Crippen LogP contribution in [-0.2, 0) is 22.3 Å². The van der Waals surface area contributed by atoms with Crippen LogP contribution < -0.4 is 15.5 Å². The van der Waals surface area contributed by atoms with Crippen molar-refractivity contribution < 1.29 is 9.53 Å². The third kappa shape index (κ3) is 6.60. The molecule has 3 rings (SSSR count). The van der Waals surface area contributed by atoms with E-state index >= 15 is 0 Å². The lowest BCUT2D eigenvalue weighted by atomic mass is 9.97. The number of anilines is 2. The first kappa shape index (κ1) is 22.4. The molecule has 1 aromatic carbocycles. The largest absolute Gasteiger partial charge is 0.378 e. The summed E-state index contributed by atoms with van der Waals surface area (Å²) in [6, 6.07) is 9.55. The van der Waals surface area contributed by atoms with Gasteiger partial charge in [-0.05, 0) is 41.4 Å². The van der Waals surface area contributed by atoms with Crippen molar-refractivity contribution in [1.29, 1.82) is 0 Å². The maximum absolute atomic E-state index is 12.1. The highest BCUT2D eigenvalue weighted by Gasteiger charge is 2.17. The molecule has 162 valence electrons. The summed E-state index contributed by atoms with van der Waals surface area (Å²) in [5, 5.41) is 5.77. The number of urea groups is 1. The molecule has 2 amide bonds. The fourth-order valence-corrected chi connectivity index (χ4v) is 3.52. The number of nitrogens with one attached hydrogen (secondary N) is 2. The van der Waals surface area contributed by atoms with Crippen LogP contribution in [0.2, 0.25) is 0 Å². The van der Waals surface area contributed by atoms with Gasteiger partial charge < -0.3 is 20.3 Å². The van der Waals surface area contributed by atoms with Gasteiger partial charge in [0.15, 0.2) is 5.82 Å². The number of aromatic nitrogens is 2. The van der Waals surface area contributed by atoms with Gasteiger partial charge in [0.1, 0.15) is 11.6 Å². The Morgan fingerprint density at radius 3 is 2.50 bits per heavy atom. The molecule has 8 heteroatoms. The first-order valence-electron chi connectivity index (χ1n) is 10.3. The van der Waals surface area contributed by atoms with E-state index in [0.717, 1.165) is 54.8 Å². The average Bonchev–Trinajstić information content (AvgIpc) is 2.73. The Balaban J connectivity index is 1.74. The molecule has 1 fully saturated rings. The van der Waals surface area contributed by atoms with Crippen LogP contribution in [0.5, 0.6) is 0 Å². The fourth-order valence-electron chi connectivity index (χ4n) is 3.03. The Morgan fingerprint density at radius 2 is 1.87 bits per heavy atom. The highest BCUT2D eigenvalue weighted by atomic mass is 32.2. The number of amides is 2. The van der Waals surface area contributed by atoms with E-state index in [4.69, 9.17) is 14.7 Å².